The lowest BCUT2D eigenvalue weighted by molar-refractivity contribution is 0.440. The highest BCUT2D eigenvalue weighted by Gasteiger charge is 2.19. The van der Waals surface area contributed by atoms with E-state index in [4.69, 9.17) is 4.98 Å². The van der Waals surface area contributed by atoms with Gasteiger partial charge in [-0.2, -0.15) is 5.10 Å². The third-order valence-corrected chi connectivity index (χ3v) is 4.75. The summed E-state index contributed by atoms with van der Waals surface area (Å²) in [6.07, 6.45) is 12.0. The van der Waals surface area contributed by atoms with Crippen LogP contribution in [0.1, 0.15) is 24.0 Å². The van der Waals surface area contributed by atoms with Gasteiger partial charge >= 0.3 is 0 Å². The van der Waals surface area contributed by atoms with E-state index in [0.29, 0.717) is 6.04 Å². The zero-order valence-corrected chi connectivity index (χ0v) is 14.3. The number of nitrogens with zero attached hydrogens (tertiary/aromatic N) is 4. The van der Waals surface area contributed by atoms with Gasteiger partial charge < -0.3 is 10.2 Å². The van der Waals surface area contributed by atoms with Gasteiger partial charge in [0.15, 0.2) is 0 Å². The summed E-state index contributed by atoms with van der Waals surface area (Å²) in [5.41, 5.74) is 3.15. The van der Waals surface area contributed by atoms with Crippen LogP contribution in [0.15, 0.2) is 36.8 Å². The number of piperidine rings is 1. The third-order valence-electron chi connectivity index (χ3n) is 4.75. The van der Waals surface area contributed by atoms with Crippen molar-refractivity contribution in [2.75, 3.05) is 25.0 Å². The van der Waals surface area contributed by atoms with Crippen molar-refractivity contribution in [2.45, 2.75) is 18.9 Å². The topological polar surface area (TPSA) is 69.7 Å². The maximum Gasteiger partial charge on any atom is 0.225 e. The minimum atomic E-state index is 0.510. The molecular weight excluding hydrogens is 312 g/mol. The third kappa shape index (κ3) is 3.53. The van der Waals surface area contributed by atoms with E-state index < -0.39 is 0 Å². The zero-order chi connectivity index (χ0) is 17.1. The Bertz CT molecular complexity index is 865. The Morgan fingerprint density at radius 2 is 1.96 bits per heavy atom. The lowest BCUT2D eigenvalue weighted by Gasteiger charge is -2.31. The monoisotopic (exact) mass is 334 g/mol. The van der Waals surface area contributed by atoms with E-state index in [1.165, 1.54) is 0 Å². The molecule has 0 aliphatic carbocycles. The first-order chi connectivity index (χ1) is 12.3. The number of H-pyrrole nitrogens is 1. The summed E-state index contributed by atoms with van der Waals surface area (Å²) in [4.78, 5) is 11.6. The molecule has 6 heteroatoms. The SMILES string of the molecule is CN(c1ncc2cc(C=Cc3cn[nH]c3)ccc2n1)C1CCNCC1. The number of hydrogen-bond donors (Lipinski definition) is 2. The van der Waals surface area contributed by atoms with Gasteiger partial charge in [0, 0.05) is 36.4 Å². The summed E-state index contributed by atoms with van der Waals surface area (Å²) in [6, 6.07) is 6.77. The summed E-state index contributed by atoms with van der Waals surface area (Å²) >= 11 is 0. The summed E-state index contributed by atoms with van der Waals surface area (Å²) in [6.45, 7) is 2.13. The molecule has 0 spiro atoms. The number of rotatable bonds is 4. The molecule has 0 unspecified atom stereocenters. The second-order valence-electron chi connectivity index (χ2n) is 6.45. The van der Waals surface area contributed by atoms with Crippen molar-refractivity contribution in [1.82, 2.24) is 25.5 Å². The average Bonchev–Trinajstić information content (AvgIpc) is 3.19. The van der Waals surface area contributed by atoms with Crippen molar-refractivity contribution in [2.24, 2.45) is 0 Å². The van der Waals surface area contributed by atoms with Crippen molar-refractivity contribution in [3.8, 4) is 0 Å². The van der Waals surface area contributed by atoms with Crippen molar-refractivity contribution < 1.29 is 0 Å². The van der Waals surface area contributed by atoms with Crippen LogP contribution >= 0.6 is 0 Å². The van der Waals surface area contributed by atoms with Crippen molar-refractivity contribution >= 4 is 29.0 Å². The molecule has 2 aromatic heterocycles. The van der Waals surface area contributed by atoms with Crippen LogP contribution in [0.4, 0.5) is 5.95 Å². The molecule has 3 heterocycles. The van der Waals surface area contributed by atoms with Gasteiger partial charge in [-0.1, -0.05) is 18.2 Å². The van der Waals surface area contributed by atoms with Crippen LogP contribution in [0.5, 0.6) is 0 Å². The van der Waals surface area contributed by atoms with E-state index in [1.54, 1.807) is 6.20 Å². The summed E-state index contributed by atoms with van der Waals surface area (Å²) in [5.74, 6) is 0.807. The smallest absolute Gasteiger partial charge is 0.225 e. The van der Waals surface area contributed by atoms with Gasteiger partial charge in [-0.15, -0.1) is 0 Å². The molecule has 2 N–H and O–H groups in total. The van der Waals surface area contributed by atoms with Crippen molar-refractivity contribution in [3.05, 3.63) is 47.9 Å². The molecule has 0 atom stereocenters. The highest BCUT2D eigenvalue weighted by molar-refractivity contribution is 5.83. The molecule has 25 heavy (non-hydrogen) atoms. The number of nitrogens with one attached hydrogen (secondary N) is 2. The van der Waals surface area contributed by atoms with E-state index in [1.807, 2.05) is 18.5 Å². The van der Waals surface area contributed by atoms with Crippen LogP contribution in [0, 0.1) is 0 Å². The molecule has 1 aliphatic rings. The van der Waals surface area contributed by atoms with Crippen LogP contribution in [-0.4, -0.2) is 46.3 Å². The van der Waals surface area contributed by atoms with Crippen LogP contribution in [0.25, 0.3) is 23.1 Å². The predicted molar refractivity (Wildman–Crippen MR) is 101 cm³/mol. The molecule has 1 fully saturated rings. The van der Waals surface area contributed by atoms with E-state index >= 15 is 0 Å². The summed E-state index contributed by atoms with van der Waals surface area (Å²) in [5, 5.41) is 11.2. The predicted octanol–water partition coefficient (Wildman–Crippen LogP) is 2.71. The maximum absolute atomic E-state index is 4.76. The zero-order valence-electron chi connectivity index (χ0n) is 14.3. The molecular formula is C19H22N6. The Balaban J connectivity index is 1.56. The lowest BCUT2D eigenvalue weighted by atomic mass is 10.1. The number of hydrogen-bond acceptors (Lipinski definition) is 5. The average molecular weight is 334 g/mol. The Kier molecular flexibility index (Phi) is 4.43. The summed E-state index contributed by atoms with van der Waals surface area (Å²) in [7, 11) is 2.10. The molecule has 6 nitrogen and oxygen atoms in total. The minimum Gasteiger partial charge on any atom is -0.341 e. The Labute approximate surface area is 147 Å². The molecule has 1 aromatic carbocycles. The fourth-order valence-electron chi connectivity index (χ4n) is 3.22. The molecule has 0 radical (unpaired) electrons. The second kappa shape index (κ2) is 7.03. The van der Waals surface area contributed by atoms with Gasteiger partial charge in [-0.3, -0.25) is 5.10 Å². The number of fused-ring (bicyclic) bond motifs is 1. The highest BCUT2D eigenvalue weighted by atomic mass is 15.3. The molecule has 128 valence electrons. The van der Waals surface area contributed by atoms with Gasteiger partial charge in [0.25, 0.3) is 0 Å². The first-order valence-corrected chi connectivity index (χ1v) is 8.67. The van der Waals surface area contributed by atoms with Crippen LogP contribution in [0.2, 0.25) is 0 Å². The molecule has 0 amide bonds. The van der Waals surface area contributed by atoms with Crippen molar-refractivity contribution in [3.63, 3.8) is 0 Å². The molecule has 4 rings (SSSR count). The van der Waals surface area contributed by atoms with Gasteiger partial charge in [-0.25, -0.2) is 9.97 Å². The second-order valence-corrected chi connectivity index (χ2v) is 6.45. The minimum absolute atomic E-state index is 0.510. The molecule has 1 aliphatic heterocycles. The Morgan fingerprint density at radius 1 is 1.12 bits per heavy atom. The van der Waals surface area contributed by atoms with E-state index in [2.05, 4.69) is 56.7 Å². The normalized spacial score (nSPS) is 15.9. The van der Waals surface area contributed by atoms with Gasteiger partial charge in [-0.05, 0) is 43.6 Å². The maximum atomic E-state index is 4.76. The molecule has 1 saturated heterocycles. The number of aromatic nitrogens is 4. The van der Waals surface area contributed by atoms with E-state index in [9.17, 15) is 0 Å². The summed E-state index contributed by atoms with van der Waals surface area (Å²) < 4.78 is 0. The van der Waals surface area contributed by atoms with Gasteiger partial charge in [0.2, 0.25) is 5.95 Å². The standard InChI is InChI=1S/C19H22N6/c1-25(17-6-8-20-9-7-17)19-21-13-16-10-14(4-5-18(16)24-19)2-3-15-11-22-23-12-15/h2-5,10-13,17,20H,6-9H2,1H3,(H,22,23). The fraction of sp³-hybridized carbons (Fsp3) is 0.316. The van der Waals surface area contributed by atoms with Crippen LogP contribution in [0.3, 0.4) is 0 Å². The number of benzene rings is 1. The van der Waals surface area contributed by atoms with Crippen LogP contribution < -0.4 is 10.2 Å². The van der Waals surface area contributed by atoms with Crippen molar-refractivity contribution in [1.29, 1.82) is 0 Å². The quantitative estimate of drug-likeness (QED) is 0.768. The number of anilines is 1. The largest absolute Gasteiger partial charge is 0.341 e. The van der Waals surface area contributed by atoms with Gasteiger partial charge in [0.1, 0.15) is 0 Å². The van der Waals surface area contributed by atoms with E-state index in [0.717, 1.165) is 53.9 Å². The van der Waals surface area contributed by atoms with Crippen LogP contribution in [-0.2, 0) is 0 Å². The Morgan fingerprint density at radius 3 is 2.76 bits per heavy atom. The molecule has 0 bridgehead atoms. The first kappa shape index (κ1) is 15.8. The van der Waals surface area contributed by atoms with E-state index in [-0.39, 0.29) is 0 Å². The first-order valence-electron chi connectivity index (χ1n) is 8.67. The molecule has 0 saturated carbocycles. The Hall–Kier alpha value is -2.73. The highest BCUT2D eigenvalue weighted by Crippen LogP contribution is 2.20. The lowest BCUT2D eigenvalue weighted by Crippen LogP contribution is -2.41. The number of aromatic amines is 1. The molecule has 3 aromatic rings. The fourth-order valence-corrected chi connectivity index (χ4v) is 3.22. The van der Waals surface area contributed by atoms with Gasteiger partial charge in [0.05, 0.1) is 11.7 Å².